The van der Waals surface area contributed by atoms with Gasteiger partial charge in [-0.25, -0.2) is 4.79 Å². The van der Waals surface area contributed by atoms with Crippen LogP contribution in [-0.2, 0) is 11.2 Å². The minimum atomic E-state index is -1.20. The van der Waals surface area contributed by atoms with Gasteiger partial charge in [0.1, 0.15) is 5.60 Å². The Morgan fingerprint density at radius 1 is 1.35 bits per heavy atom. The predicted molar refractivity (Wildman–Crippen MR) is 115 cm³/mol. The average molecular weight is 393 g/mol. The molecule has 26 heavy (non-hydrogen) atoms. The lowest BCUT2D eigenvalue weighted by atomic mass is 10.1. The van der Waals surface area contributed by atoms with Crippen LogP contribution in [0.3, 0.4) is 0 Å². The topological polar surface area (TPSA) is 50.7 Å². The second-order valence-electron chi connectivity index (χ2n) is 9.04. The van der Waals surface area contributed by atoms with Crippen molar-refractivity contribution in [3.05, 3.63) is 34.9 Å². The van der Waals surface area contributed by atoms with E-state index in [2.05, 4.69) is 49.4 Å². The number of aliphatic imine (C=N–C) groups is 1. The van der Waals surface area contributed by atoms with Crippen LogP contribution >= 0.6 is 11.8 Å². The van der Waals surface area contributed by atoms with Crippen molar-refractivity contribution in [1.82, 2.24) is 5.32 Å². The number of hydrogen-bond donors (Lipinski definition) is 1. The van der Waals surface area contributed by atoms with E-state index in [9.17, 15) is 4.79 Å². The van der Waals surface area contributed by atoms with Crippen molar-refractivity contribution in [3.63, 3.8) is 0 Å². The standard InChI is InChI=1S/C20H32N2O2SSi/c1-20(2,3)24-19(23)22-17-11-9-14-12-15(8-10-16(14)17)18(25-4)21-13-26(5,6)7/h8,10,12,17H,9,11,13H2,1-7H3,(H,22,23)/b21-18-. The predicted octanol–water partition coefficient (Wildman–Crippen LogP) is 5.19. The third kappa shape index (κ3) is 6.16. The molecule has 1 N–H and O–H groups in total. The van der Waals surface area contributed by atoms with Gasteiger partial charge in [-0.05, 0) is 57.1 Å². The summed E-state index contributed by atoms with van der Waals surface area (Å²) in [5, 5.41) is 4.12. The zero-order valence-electron chi connectivity index (χ0n) is 17.1. The second kappa shape index (κ2) is 8.17. The van der Waals surface area contributed by atoms with E-state index in [-0.39, 0.29) is 12.1 Å². The molecule has 2 rings (SSSR count). The summed E-state index contributed by atoms with van der Waals surface area (Å²) in [4.78, 5) is 16.9. The SMILES string of the molecule is CS/C(=N\C[Si](C)(C)C)c1ccc2c(c1)CCC2NC(=O)OC(C)(C)C. The van der Waals surface area contributed by atoms with Gasteiger partial charge in [0.2, 0.25) is 0 Å². The maximum atomic E-state index is 12.1. The fourth-order valence-electron chi connectivity index (χ4n) is 2.93. The highest BCUT2D eigenvalue weighted by Gasteiger charge is 2.26. The van der Waals surface area contributed by atoms with Crippen molar-refractivity contribution >= 4 is 31.0 Å². The molecule has 0 aromatic heterocycles. The molecule has 1 unspecified atom stereocenters. The van der Waals surface area contributed by atoms with Gasteiger partial charge in [-0.15, -0.1) is 11.8 Å². The van der Waals surface area contributed by atoms with Crippen LogP contribution in [0.5, 0.6) is 0 Å². The van der Waals surface area contributed by atoms with Gasteiger partial charge in [-0.1, -0.05) is 31.8 Å². The molecule has 0 bridgehead atoms. The molecule has 0 saturated heterocycles. The van der Waals surface area contributed by atoms with Crippen molar-refractivity contribution in [3.8, 4) is 0 Å². The van der Waals surface area contributed by atoms with E-state index in [0.717, 1.165) is 24.1 Å². The van der Waals surface area contributed by atoms with Crippen molar-refractivity contribution in [1.29, 1.82) is 0 Å². The average Bonchev–Trinajstić information content (AvgIpc) is 2.87. The van der Waals surface area contributed by atoms with Crippen LogP contribution in [0, 0.1) is 0 Å². The Bertz CT molecular complexity index is 690. The maximum absolute atomic E-state index is 12.1. The number of nitrogens with zero attached hydrogens (tertiary/aromatic N) is 1. The Morgan fingerprint density at radius 2 is 2.04 bits per heavy atom. The molecular formula is C20H32N2O2SSi. The van der Waals surface area contributed by atoms with Crippen LogP contribution in [0.15, 0.2) is 23.2 Å². The van der Waals surface area contributed by atoms with E-state index in [0.29, 0.717) is 0 Å². The minimum absolute atomic E-state index is 0.0329. The van der Waals surface area contributed by atoms with E-state index in [1.54, 1.807) is 11.8 Å². The van der Waals surface area contributed by atoms with E-state index < -0.39 is 13.7 Å². The Hall–Kier alpha value is -1.27. The van der Waals surface area contributed by atoms with Crippen LogP contribution in [0.2, 0.25) is 19.6 Å². The highest BCUT2D eigenvalue weighted by Crippen LogP contribution is 2.32. The summed E-state index contributed by atoms with van der Waals surface area (Å²) in [6, 6.07) is 6.55. The number of benzene rings is 1. The van der Waals surface area contributed by atoms with Gasteiger partial charge in [-0.3, -0.25) is 4.99 Å². The summed E-state index contributed by atoms with van der Waals surface area (Å²) in [7, 11) is -1.20. The molecule has 0 fully saturated rings. The zero-order valence-corrected chi connectivity index (χ0v) is 18.9. The molecule has 144 valence electrons. The van der Waals surface area contributed by atoms with Crippen LogP contribution in [0.1, 0.15) is 49.9 Å². The number of carbonyl (C=O) groups is 1. The number of thioether (sulfide) groups is 1. The third-order valence-electron chi connectivity index (χ3n) is 4.05. The van der Waals surface area contributed by atoms with Gasteiger partial charge in [0.25, 0.3) is 0 Å². The van der Waals surface area contributed by atoms with Crippen LogP contribution in [-0.4, -0.2) is 37.2 Å². The summed E-state index contributed by atoms with van der Waals surface area (Å²) in [6.45, 7) is 12.7. The van der Waals surface area contributed by atoms with Gasteiger partial charge in [0, 0.05) is 11.7 Å². The lowest BCUT2D eigenvalue weighted by Gasteiger charge is -2.22. The first-order valence-electron chi connectivity index (χ1n) is 9.20. The van der Waals surface area contributed by atoms with Crippen molar-refractivity contribution < 1.29 is 9.53 Å². The number of aryl methyl sites for hydroxylation is 1. The maximum Gasteiger partial charge on any atom is 0.408 e. The number of fused-ring (bicyclic) bond motifs is 1. The van der Waals surface area contributed by atoms with E-state index in [1.807, 2.05) is 20.8 Å². The molecule has 0 radical (unpaired) electrons. The molecular weight excluding hydrogens is 360 g/mol. The summed E-state index contributed by atoms with van der Waals surface area (Å²) in [5.41, 5.74) is 3.21. The summed E-state index contributed by atoms with van der Waals surface area (Å²) >= 11 is 1.71. The minimum Gasteiger partial charge on any atom is -0.444 e. The lowest BCUT2D eigenvalue weighted by Crippen LogP contribution is -2.34. The molecule has 1 atom stereocenters. The Kier molecular flexibility index (Phi) is 6.61. The number of alkyl carbamates (subject to hydrolysis) is 1. The smallest absolute Gasteiger partial charge is 0.408 e. The third-order valence-corrected chi connectivity index (χ3v) is 5.91. The monoisotopic (exact) mass is 392 g/mol. The fourth-order valence-corrected chi connectivity index (χ4v) is 4.24. The largest absolute Gasteiger partial charge is 0.444 e. The lowest BCUT2D eigenvalue weighted by molar-refractivity contribution is 0.0503. The van der Waals surface area contributed by atoms with Gasteiger partial charge in [0.05, 0.1) is 19.2 Å². The number of nitrogens with one attached hydrogen (secondary N) is 1. The first-order valence-corrected chi connectivity index (χ1v) is 14.1. The number of amides is 1. The molecule has 0 spiro atoms. The summed E-state index contributed by atoms with van der Waals surface area (Å²) < 4.78 is 5.39. The van der Waals surface area contributed by atoms with Gasteiger partial charge >= 0.3 is 6.09 Å². The number of rotatable bonds is 4. The molecule has 1 aromatic carbocycles. The molecule has 0 aliphatic heterocycles. The van der Waals surface area contributed by atoms with Gasteiger partial charge < -0.3 is 10.1 Å². The van der Waals surface area contributed by atoms with Gasteiger partial charge in [-0.2, -0.15) is 0 Å². The van der Waals surface area contributed by atoms with Crippen molar-refractivity contribution in [2.45, 2.75) is 64.9 Å². The number of carbonyl (C=O) groups excluding carboxylic acids is 1. The van der Waals surface area contributed by atoms with Crippen LogP contribution < -0.4 is 5.32 Å². The molecule has 6 heteroatoms. The number of hydrogen-bond acceptors (Lipinski definition) is 4. The van der Waals surface area contributed by atoms with Crippen LogP contribution in [0.25, 0.3) is 0 Å². The molecule has 0 heterocycles. The Morgan fingerprint density at radius 3 is 2.62 bits per heavy atom. The van der Waals surface area contributed by atoms with E-state index in [1.165, 1.54) is 16.7 Å². The molecule has 1 amide bonds. The Labute approximate surface area is 163 Å². The molecule has 1 aliphatic rings. The van der Waals surface area contributed by atoms with E-state index >= 15 is 0 Å². The highest BCUT2D eigenvalue weighted by atomic mass is 32.2. The van der Waals surface area contributed by atoms with Crippen molar-refractivity contribution in [2.75, 3.05) is 12.4 Å². The molecule has 1 aromatic rings. The summed E-state index contributed by atoms with van der Waals surface area (Å²) in [5.74, 6) is 0. The Balaban J connectivity index is 2.13. The normalized spacial score (nSPS) is 17.8. The van der Waals surface area contributed by atoms with E-state index in [4.69, 9.17) is 9.73 Å². The molecule has 1 aliphatic carbocycles. The quantitative estimate of drug-likeness (QED) is 0.436. The van der Waals surface area contributed by atoms with Crippen LogP contribution in [0.4, 0.5) is 4.79 Å². The first kappa shape index (κ1) is 21.0. The first-order chi connectivity index (χ1) is 12.0. The number of ether oxygens (including phenoxy) is 1. The molecule has 0 saturated carbocycles. The highest BCUT2D eigenvalue weighted by molar-refractivity contribution is 8.13. The fraction of sp³-hybridized carbons (Fsp3) is 0.600. The molecule has 4 nitrogen and oxygen atoms in total. The zero-order chi connectivity index (χ0) is 19.5. The van der Waals surface area contributed by atoms with Crippen molar-refractivity contribution in [2.24, 2.45) is 4.99 Å². The summed E-state index contributed by atoms with van der Waals surface area (Å²) in [6.07, 6.45) is 4.57. The second-order valence-corrected chi connectivity index (χ2v) is 15.3. The van der Waals surface area contributed by atoms with Gasteiger partial charge in [0.15, 0.2) is 0 Å².